The number of carboxylic acids is 1. The van der Waals surface area contributed by atoms with Crippen LogP contribution in [-0.4, -0.2) is 71.9 Å². The molecular weight excluding hydrogens is 460 g/mol. The molecule has 0 aromatic heterocycles. The lowest BCUT2D eigenvalue weighted by molar-refractivity contribution is -0.139. The Hall–Kier alpha value is -4.20. The molecule has 0 aliphatic heterocycles. The molecule has 14 heteroatoms. The SMILES string of the molecule is NC(=O)CNC(=O)[C@H](Cc1ccccc1)NC(=O)[C@H](CCCN=C(N)N)NC(=O)[C@@H](N)CC(=O)O. The van der Waals surface area contributed by atoms with Crippen molar-refractivity contribution in [2.24, 2.45) is 27.9 Å². The number of carbonyl (C=O) groups excluding carboxylic acids is 4. The number of aliphatic carboxylic acids is 1. The number of nitrogens with two attached hydrogens (primary N) is 4. The Morgan fingerprint density at radius 3 is 2.11 bits per heavy atom. The third-order valence-corrected chi connectivity index (χ3v) is 4.66. The molecule has 1 rings (SSSR count). The number of hydrogen-bond donors (Lipinski definition) is 8. The van der Waals surface area contributed by atoms with Crippen LogP contribution in [0.1, 0.15) is 24.8 Å². The fourth-order valence-electron chi connectivity index (χ4n) is 2.96. The van der Waals surface area contributed by atoms with Gasteiger partial charge in [0.25, 0.3) is 0 Å². The summed E-state index contributed by atoms with van der Waals surface area (Å²) in [5.74, 6) is -4.43. The number of nitrogens with one attached hydrogen (secondary N) is 3. The number of nitrogens with zero attached hydrogens (tertiary/aromatic N) is 1. The number of aliphatic imine (C=N–C) groups is 1. The summed E-state index contributed by atoms with van der Waals surface area (Å²) in [5.41, 5.74) is 22.0. The zero-order valence-electron chi connectivity index (χ0n) is 19.1. The van der Waals surface area contributed by atoms with E-state index in [0.717, 1.165) is 5.56 Å². The molecule has 14 nitrogen and oxygen atoms in total. The number of benzene rings is 1. The summed E-state index contributed by atoms with van der Waals surface area (Å²) in [4.78, 5) is 63.8. The number of hydrogen-bond acceptors (Lipinski definition) is 7. The molecule has 0 fully saturated rings. The zero-order valence-corrected chi connectivity index (χ0v) is 19.1. The molecule has 1 aromatic rings. The highest BCUT2D eigenvalue weighted by atomic mass is 16.4. The van der Waals surface area contributed by atoms with Gasteiger partial charge in [0, 0.05) is 13.0 Å². The monoisotopic (exact) mass is 492 g/mol. The Bertz CT molecular complexity index is 920. The molecule has 12 N–H and O–H groups in total. The van der Waals surface area contributed by atoms with Crippen LogP contribution in [0.25, 0.3) is 0 Å². The minimum Gasteiger partial charge on any atom is -0.481 e. The van der Waals surface area contributed by atoms with Gasteiger partial charge in [-0.1, -0.05) is 30.3 Å². The van der Waals surface area contributed by atoms with E-state index in [4.69, 9.17) is 28.0 Å². The first kappa shape index (κ1) is 28.8. The van der Waals surface area contributed by atoms with E-state index in [1.54, 1.807) is 30.3 Å². The highest BCUT2D eigenvalue weighted by Gasteiger charge is 2.28. The van der Waals surface area contributed by atoms with Crippen LogP contribution in [0.4, 0.5) is 0 Å². The zero-order chi connectivity index (χ0) is 26.4. The third kappa shape index (κ3) is 12.0. The van der Waals surface area contributed by atoms with E-state index in [2.05, 4.69) is 20.9 Å². The number of amides is 4. The molecule has 0 aliphatic rings. The quantitative estimate of drug-likeness (QED) is 0.0690. The Kier molecular flexibility index (Phi) is 12.2. The maximum Gasteiger partial charge on any atom is 0.305 e. The van der Waals surface area contributed by atoms with Gasteiger partial charge in [0.15, 0.2) is 5.96 Å². The van der Waals surface area contributed by atoms with Crippen LogP contribution in [0, 0.1) is 0 Å². The molecule has 0 spiro atoms. The molecule has 192 valence electrons. The second-order valence-electron chi connectivity index (χ2n) is 7.65. The van der Waals surface area contributed by atoms with Gasteiger partial charge in [-0.05, 0) is 18.4 Å². The van der Waals surface area contributed by atoms with Crippen molar-refractivity contribution in [3.63, 3.8) is 0 Å². The van der Waals surface area contributed by atoms with Gasteiger partial charge in [0.05, 0.1) is 19.0 Å². The number of guanidine groups is 1. The topological polar surface area (TPSA) is 258 Å². The van der Waals surface area contributed by atoms with Crippen LogP contribution in [0.15, 0.2) is 35.3 Å². The van der Waals surface area contributed by atoms with Gasteiger partial charge in [-0.25, -0.2) is 0 Å². The molecule has 0 saturated carbocycles. The van der Waals surface area contributed by atoms with Crippen molar-refractivity contribution < 1.29 is 29.1 Å². The lowest BCUT2D eigenvalue weighted by Gasteiger charge is -2.24. The first-order valence-corrected chi connectivity index (χ1v) is 10.7. The first-order chi connectivity index (χ1) is 16.5. The second kappa shape index (κ2) is 14.8. The van der Waals surface area contributed by atoms with E-state index in [-0.39, 0.29) is 31.8 Å². The lowest BCUT2D eigenvalue weighted by atomic mass is 10.0. The van der Waals surface area contributed by atoms with Crippen molar-refractivity contribution in [2.45, 2.75) is 43.8 Å². The van der Waals surface area contributed by atoms with Crippen LogP contribution in [0.2, 0.25) is 0 Å². The van der Waals surface area contributed by atoms with Crippen LogP contribution in [-0.2, 0) is 30.4 Å². The molecule has 4 amide bonds. The van der Waals surface area contributed by atoms with Crippen molar-refractivity contribution >= 4 is 35.6 Å². The van der Waals surface area contributed by atoms with Gasteiger partial charge in [0.1, 0.15) is 12.1 Å². The maximum atomic E-state index is 13.1. The number of rotatable bonds is 15. The van der Waals surface area contributed by atoms with E-state index in [1.165, 1.54) is 0 Å². The van der Waals surface area contributed by atoms with Crippen LogP contribution >= 0.6 is 0 Å². The molecule has 0 saturated heterocycles. The standard InChI is InChI=1S/C21H32N8O6/c22-13(10-17(31)32)18(33)28-14(7-4-8-26-21(24)25)20(35)29-15(19(34)27-11-16(23)30)9-12-5-2-1-3-6-12/h1-3,5-6,13-15H,4,7-11,22H2,(H2,23,30)(H,27,34)(H,28,33)(H,29,35)(H,31,32)(H4,24,25,26)/t13-,14-,15-/m0/s1. The molecule has 0 unspecified atom stereocenters. The Labute approximate surface area is 201 Å². The summed E-state index contributed by atoms with van der Waals surface area (Å²) < 4.78 is 0. The van der Waals surface area contributed by atoms with Gasteiger partial charge in [-0.15, -0.1) is 0 Å². The summed E-state index contributed by atoms with van der Waals surface area (Å²) in [6.07, 6.45) is -0.207. The maximum absolute atomic E-state index is 13.1. The predicted molar refractivity (Wildman–Crippen MR) is 126 cm³/mol. The average molecular weight is 493 g/mol. The number of carboxylic acid groups (broad SMARTS) is 1. The van der Waals surface area contributed by atoms with Gasteiger partial charge >= 0.3 is 5.97 Å². The number of primary amides is 1. The molecule has 0 radical (unpaired) electrons. The molecule has 0 heterocycles. The molecule has 3 atom stereocenters. The van der Waals surface area contributed by atoms with E-state index in [0.29, 0.717) is 0 Å². The van der Waals surface area contributed by atoms with Crippen LogP contribution in [0.3, 0.4) is 0 Å². The molecule has 0 aliphatic carbocycles. The molecular formula is C21H32N8O6. The Morgan fingerprint density at radius 1 is 0.914 bits per heavy atom. The summed E-state index contributed by atoms with van der Waals surface area (Å²) >= 11 is 0. The van der Waals surface area contributed by atoms with E-state index in [1.807, 2.05) is 0 Å². The van der Waals surface area contributed by atoms with Crippen molar-refractivity contribution in [3.8, 4) is 0 Å². The second-order valence-corrected chi connectivity index (χ2v) is 7.65. The van der Waals surface area contributed by atoms with Crippen molar-refractivity contribution in [1.29, 1.82) is 0 Å². The summed E-state index contributed by atoms with van der Waals surface area (Å²) in [7, 11) is 0. The van der Waals surface area contributed by atoms with E-state index in [9.17, 15) is 24.0 Å². The molecule has 1 aromatic carbocycles. The first-order valence-electron chi connectivity index (χ1n) is 10.7. The van der Waals surface area contributed by atoms with Crippen LogP contribution < -0.4 is 38.9 Å². The Morgan fingerprint density at radius 2 is 1.54 bits per heavy atom. The minimum atomic E-state index is -1.39. The van der Waals surface area contributed by atoms with E-state index >= 15 is 0 Å². The van der Waals surface area contributed by atoms with Gasteiger partial charge < -0.3 is 44.0 Å². The highest BCUT2D eigenvalue weighted by Crippen LogP contribution is 2.06. The average Bonchev–Trinajstić information content (AvgIpc) is 2.78. The van der Waals surface area contributed by atoms with E-state index < -0.39 is 60.7 Å². The molecule has 0 bridgehead atoms. The van der Waals surface area contributed by atoms with Gasteiger partial charge in [0.2, 0.25) is 23.6 Å². The van der Waals surface area contributed by atoms with Crippen molar-refractivity contribution in [2.75, 3.05) is 13.1 Å². The Balaban J connectivity index is 3.02. The summed E-state index contributed by atoms with van der Waals surface area (Å²) in [5, 5.41) is 16.2. The predicted octanol–water partition coefficient (Wildman–Crippen LogP) is -3.34. The highest BCUT2D eigenvalue weighted by molar-refractivity contribution is 5.94. The third-order valence-electron chi connectivity index (χ3n) is 4.66. The van der Waals surface area contributed by atoms with Crippen molar-refractivity contribution in [3.05, 3.63) is 35.9 Å². The lowest BCUT2D eigenvalue weighted by Crippen LogP contribution is -2.56. The largest absolute Gasteiger partial charge is 0.481 e. The fourth-order valence-corrected chi connectivity index (χ4v) is 2.96. The normalized spacial score (nSPS) is 12.9. The van der Waals surface area contributed by atoms with Gasteiger partial charge in [-0.2, -0.15) is 0 Å². The van der Waals surface area contributed by atoms with Gasteiger partial charge in [-0.3, -0.25) is 29.0 Å². The minimum absolute atomic E-state index is 0.0646. The van der Waals surface area contributed by atoms with Crippen LogP contribution in [0.5, 0.6) is 0 Å². The van der Waals surface area contributed by atoms with Crippen molar-refractivity contribution in [1.82, 2.24) is 16.0 Å². The summed E-state index contributed by atoms with van der Waals surface area (Å²) in [6.45, 7) is -0.265. The smallest absolute Gasteiger partial charge is 0.305 e. The molecule has 35 heavy (non-hydrogen) atoms. The fraction of sp³-hybridized carbons (Fsp3) is 0.429. The summed E-state index contributed by atoms with van der Waals surface area (Å²) in [6, 6.07) is 5.14. The number of carbonyl (C=O) groups is 5.